The molecule has 100 valence electrons. The molecule has 1 saturated heterocycles. The fourth-order valence-electron chi connectivity index (χ4n) is 3.02. The monoisotopic (exact) mass is 258 g/mol. The van der Waals surface area contributed by atoms with Crippen LogP contribution < -0.4 is 5.32 Å². The van der Waals surface area contributed by atoms with Gasteiger partial charge in [0.15, 0.2) is 0 Å². The smallest absolute Gasteiger partial charge is 0.0229 e. The van der Waals surface area contributed by atoms with Crippen LogP contribution >= 0.6 is 11.6 Å². The van der Waals surface area contributed by atoms with Crippen molar-refractivity contribution in [2.45, 2.75) is 51.0 Å². The first-order chi connectivity index (χ1) is 8.26. The second-order valence-corrected chi connectivity index (χ2v) is 6.41. The average Bonchev–Trinajstić information content (AvgIpc) is 3.08. The molecule has 0 spiro atoms. The number of rotatable bonds is 7. The van der Waals surface area contributed by atoms with Gasteiger partial charge in [-0.15, -0.1) is 11.6 Å². The van der Waals surface area contributed by atoms with E-state index >= 15 is 0 Å². The van der Waals surface area contributed by atoms with Gasteiger partial charge in [0.1, 0.15) is 0 Å². The Kier molecular flexibility index (Phi) is 5.13. The van der Waals surface area contributed by atoms with Crippen molar-refractivity contribution in [3.63, 3.8) is 0 Å². The van der Waals surface area contributed by atoms with Gasteiger partial charge in [-0.05, 0) is 64.1 Å². The highest BCUT2D eigenvalue weighted by Gasteiger charge is 2.41. The molecule has 1 saturated carbocycles. The zero-order valence-electron chi connectivity index (χ0n) is 11.2. The minimum atomic E-state index is 0.584. The molecule has 2 fully saturated rings. The molecule has 2 nitrogen and oxygen atoms in total. The van der Waals surface area contributed by atoms with E-state index in [1.807, 2.05) is 0 Å². The Morgan fingerprint density at radius 1 is 1.35 bits per heavy atom. The summed E-state index contributed by atoms with van der Waals surface area (Å²) < 4.78 is 0. The molecule has 3 heteroatoms. The van der Waals surface area contributed by atoms with Crippen LogP contribution in [0.2, 0.25) is 0 Å². The number of hydrogen-bond donors (Lipinski definition) is 1. The zero-order valence-corrected chi connectivity index (χ0v) is 11.9. The highest BCUT2D eigenvalue weighted by Crippen LogP contribution is 2.48. The highest BCUT2D eigenvalue weighted by molar-refractivity contribution is 6.17. The van der Waals surface area contributed by atoms with E-state index in [9.17, 15) is 0 Å². The van der Waals surface area contributed by atoms with E-state index < -0.39 is 0 Å². The molecule has 1 heterocycles. The van der Waals surface area contributed by atoms with Crippen molar-refractivity contribution in [2.75, 3.05) is 32.6 Å². The summed E-state index contributed by atoms with van der Waals surface area (Å²) in [4.78, 5) is 2.54. The van der Waals surface area contributed by atoms with Crippen LogP contribution in [0.4, 0.5) is 0 Å². The van der Waals surface area contributed by atoms with Gasteiger partial charge in [-0.2, -0.15) is 0 Å². The Morgan fingerprint density at radius 3 is 2.82 bits per heavy atom. The minimum Gasteiger partial charge on any atom is -0.316 e. The van der Waals surface area contributed by atoms with Crippen LogP contribution in [-0.2, 0) is 0 Å². The van der Waals surface area contributed by atoms with Crippen LogP contribution in [0.1, 0.15) is 44.9 Å². The molecule has 0 bridgehead atoms. The van der Waals surface area contributed by atoms with Crippen molar-refractivity contribution in [3.05, 3.63) is 0 Å². The molecular weight excluding hydrogens is 232 g/mol. The molecule has 0 radical (unpaired) electrons. The van der Waals surface area contributed by atoms with Crippen LogP contribution in [0.25, 0.3) is 0 Å². The first-order valence-corrected chi connectivity index (χ1v) is 7.76. The van der Waals surface area contributed by atoms with Gasteiger partial charge in [-0.25, -0.2) is 0 Å². The number of piperidine rings is 1. The summed E-state index contributed by atoms with van der Waals surface area (Å²) in [6.07, 6.45) is 9.49. The zero-order chi connectivity index (χ0) is 12.1. The van der Waals surface area contributed by atoms with Gasteiger partial charge in [0.25, 0.3) is 0 Å². The number of alkyl halides is 1. The highest BCUT2D eigenvalue weighted by atomic mass is 35.5. The number of likely N-dealkylation sites (tertiary alicyclic amines) is 1. The lowest BCUT2D eigenvalue weighted by molar-refractivity contribution is 0.175. The molecule has 0 amide bonds. The average molecular weight is 259 g/mol. The summed E-state index contributed by atoms with van der Waals surface area (Å²) in [7, 11) is 2.28. The summed E-state index contributed by atoms with van der Waals surface area (Å²) in [5.74, 6) is 0.826. The molecular formula is C14H27ClN2. The Morgan fingerprint density at radius 2 is 2.18 bits per heavy atom. The first kappa shape index (κ1) is 13.6. The molecule has 0 aromatic carbocycles. The molecule has 2 aliphatic rings. The van der Waals surface area contributed by atoms with Crippen LogP contribution in [0.5, 0.6) is 0 Å². The molecule has 1 N–H and O–H groups in total. The lowest BCUT2D eigenvalue weighted by atomic mass is 9.99. The van der Waals surface area contributed by atoms with E-state index in [4.69, 9.17) is 11.6 Å². The van der Waals surface area contributed by atoms with Crippen LogP contribution in [0.15, 0.2) is 0 Å². The Bertz CT molecular complexity index is 228. The second kappa shape index (κ2) is 6.40. The van der Waals surface area contributed by atoms with Gasteiger partial charge in [0.2, 0.25) is 0 Å². The third-order valence-electron chi connectivity index (χ3n) is 4.66. The molecule has 0 aromatic heterocycles. The summed E-state index contributed by atoms with van der Waals surface area (Å²) in [6.45, 7) is 3.66. The van der Waals surface area contributed by atoms with Crippen LogP contribution in [0, 0.1) is 5.41 Å². The fraction of sp³-hybridized carbons (Fsp3) is 1.00. The largest absolute Gasteiger partial charge is 0.316 e. The second-order valence-electron chi connectivity index (χ2n) is 6.03. The summed E-state index contributed by atoms with van der Waals surface area (Å²) >= 11 is 5.85. The third-order valence-corrected chi connectivity index (χ3v) is 4.85. The van der Waals surface area contributed by atoms with Gasteiger partial charge in [-0.3, -0.25) is 0 Å². The Labute approximate surface area is 111 Å². The van der Waals surface area contributed by atoms with Crippen molar-refractivity contribution in [1.82, 2.24) is 10.2 Å². The summed E-state index contributed by atoms with van der Waals surface area (Å²) in [6, 6.07) is 0.819. The maximum Gasteiger partial charge on any atom is 0.0229 e. The Balaban J connectivity index is 1.56. The SMILES string of the molecule is CN1CCCCC1CCNCC1(CCCl)CC1. The summed E-state index contributed by atoms with van der Waals surface area (Å²) in [5.41, 5.74) is 0.584. The maximum atomic E-state index is 5.85. The van der Waals surface area contributed by atoms with E-state index in [-0.39, 0.29) is 0 Å². The predicted octanol–water partition coefficient (Wildman–Crippen LogP) is 2.86. The topological polar surface area (TPSA) is 15.3 Å². The lowest BCUT2D eigenvalue weighted by Gasteiger charge is -2.32. The van der Waals surface area contributed by atoms with Crippen molar-refractivity contribution in [3.8, 4) is 0 Å². The minimum absolute atomic E-state index is 0.584. The van der Waals surface area contributed by atoms with Crippen LogP contribution in [-0.4, -0.2) is 43.5 Å². The van der Waals surface area contributed by atoms with Gasteiger partial charge in [-0.1, -0.05) is 6.42 Å². The van der Waals surface area contributed by atoms with Gasteiger partial charge in [0, 0.05) is 18.5 Å². The summed E-state index contributed by atoms with van der Waals surface area (Å²) in [5, 5.41) is 3.66. The predicted molar refractivity (Wildman–Crippen MR) is 74.8 cm³/mol. The quantitative estimate of drug-likeness (QED) is 0.558. The van der Waals surface area contributed by atoms with Gasteiger partial charge < -0.3 is 10.2 Å². The normalized spacial score (nSPS) is 28.2. The molecule has 1 atom stereocenters. The number of nitrogens with zero attached hydrogens (tertiary/aromatic N) is 1. The third kappa shape index (κ3) is 4.11. The van der Waals surface area contributed by atoms with Gasteiger partial charge >= 0.3 is 0 Å². The van der Waals surface area contributed by atoms with Crippen LogP contribution in [0.3, 0.4) is 0 Å². The van der Waals surface area contributed by atoms with E-state index in [2.05, 4.69) is 17.3 Å². The number of hydrogen-bond acceptors (Lipinski definition) is 2. The molecule has 1 aliphatic heterocycles. The molecule has 17 heavy (non-hydrogen) atoms. The standard InChI is InChI=1S/C14H27ClN2/c1-17-11-3-2-4-13(17)5-10-16-12-14(6-7-14)8-9-15/h13,16H,2-12H2,1H3. The first-order valence-electron chi connectivity index (χ1n) is 7.23. The van der Waals surface area contributed by atoms with E-state index in [1.54, 1.807) is 0 Å². The number of nitrogens with one attached hydrogen (secondary N) is 1. The molecule has 0 aromatic rings. The maximum absolute atomic E-state index is 5.85. The van der Waals surface area contributed by atoms with E-state index in [0.29, 0.717) is 5.41 Å². The molecule has 1 unspecified atom stereocenters. The Hall–Kier alpha value is 0.210. The van der Waals surface area contributed by atoms with Crippen molar-refractivity contribution >= 4 is 11.6 Å². The van der Waals surface area contributed by atoms with Gasteiger partial charge in [0.05, 0.1) is 0 Å². The lowest BCUT2D eigenvalue weighted by Crippen LogP contribution is -2.38. The molecule has 1 aliphatic carbocycles. The van der Waals surface area contributed by atoms with Crippen molar-refractivity contribution < 1.29 is 0 Å². The molecule has 2 rings (SSSR count). The van der Waals surface area contributed by atoms with E-state index in [0.717, 1.165) is 11.9 Å². The number of halogens is 1. The van der Waals surface area contributed by atoms with E-state index in [1.165, 1.54) is 64.6 Å². The van der Waals surface area contributed by atoms with Crippen molar-refractivity contribution in [2.24, 2.45) is 5.41 Å². The fourth-order valence-corrected chi connectivity index (χ4v) is 3.42. The van der Waals surface area contributed by atoms with Crippen molar-refractivity contribution in [1.29, 1.82) is 0 Å².